The van der Waals surface area contributed by atoms with E-state index in [-0.39, 0.29) is 24.4 Å². The van der Waals surface area contributed by atoms with Crippen LogP contribution >= 0.6 is 8.46 Å². The second-order valence-electron chi connectivity index (χ2n) is 9.96. The summed E-state index contributed by atoms with van der Waals surface area (Å²) in [4.78, 5) is 24.8. The van der Waals surface area contributed by atoms with Crippen LogP contribution < -0.4 is 0 Å². The lowest BCUT2D eigenvalue weighted by molar-refractivity contribution is -0.366. The first-order valence-corrected chi connectivity index (χ1v) is 15.6. The van der Waals surface area contributed by atoms with Crippen molar-refractivity contribution in [3.63, 3.8) is 0 Å². The Morgan fingerprint density at radius 1 is 0.725 bits per heavy atom. The maximum atomic E-state index is 13.0. The third-order valence-electron chi connectivity index (χ3n) is 5.84. The Labute approximate surface area is 243 Å². The van der Waals surface area contributed by atoms with Crippen molar-refractivity contribution in [3.05, 3.63) is 24.3 Å². The maximum absolute atomic E-state index is 13.0. The maximum Gasteiger partial charge on any atom is 0.335 e. The van der Waals surface area contributed by atoms with Crippen molar-refractivity contribution in [2.75, 3.05) is 13.2 Å². The fourth-order valence-corrected chi connectivity index (χ4v) is 3.92. The number of carbonyl (C=O) groups excluding carboxylic acids is 2. The fourth-order valence-electron chi connectivity index (χ4n) is 3.40. The molecule has 0 aliphatic heterocycles. The second kappa shape index (κ2) is 23.0. The molecule has 0 radical (unpaired) electrons. The molecule has 0 amide bonds. The Morgan fingerprint density at radius 3 is 1.68 bits per heavy atom. The molecule has 232 valence electrons. The van der Waals surface area contributed by atoms with E-state index in [1.807, 2.05) is 13.8 Å². The molecule has 4 unspecified atom stereocenters. The first-order chi connectivity index (χ1) is 19.1. The molecule has 0 N–H and O–H groups in total. The predicted molar refractivity (Wildman–Crippen MR) is 156 cm³/mol. The van der Waals surface area contributed by atoms with Gasteiger partial charge in [0.05, 0.1) is 6.61 Å². The van der Waals surface area contributed by atoms with Gasteiger partial charge in [0.15, 0.2) is 0 Å². The Bertz CT molecular complexity index is 757. The van der Waals surface area contributed by atoms with E-state index in [1.54, 1.807) is 6.92 Å². The van der Waals surface area contributed by atoms with E-state index in [1.165, 1.54) is 6.92 Å². The number of ether oxygens (including phenoxy) is 6. The standard InChI is InChI=1S/C30H53O9P/c1-9-13-17-21-34-29(38-25(19-15-11-3)36-27(31)23(5)6)30(40-33,35-22-18-14-10-2)39-26(20-16-12-4)37-28(32)24(7)8/h25-26,29H,5,7,9-22H2,1-4,6,8H3. The zero-order chi connectivity index (χ0) is 30.4. The molecule has 0 fully saturated rings. The van der Waals surface area contributed by atoms with Gasteiger partial charge in [-0.15, -0.1) is 0 Å². The topological polar surface area (TPSA) is 107 Å². The van der Waals surface area contributed by atoms with Gasteiger partial charge in [0.25, 0.3) is 0 Å². The third-order valence-corrected chi connectivity index (χ3v) is 6.54. The summed E-state index contributed by atoms with van der Waals surface area (Å²) in [6, 6.07) is 0. The van der Waals surface area contributed by atoms with E-state index in [0.29, 0.717) is 38.5 Å². The van der Waals surface area contributed by atoms with Gasteiger partial charge in [0.2, 0.25) is 27.3 Å². The summed E-state index contributed by atoms with van der Waals surface area (Å²) >= 11 is 0. The van der Waals surface area contributed by atoms with Crippen molar-refractivity contribution >= 4 is 20.4 Å². The minimum absolute atomic E-state index is 0.196. The molecule has 0 saturated carbocycles. The first-order valence-electron chi connectivity index (χ1n) is 14.8. The summed E-state index contributed by atoms with van der Waals surface area (Å²) < 4.78 is 48.8. The summed E-state index contributed by atoms with van der Waals surface area (Å²) in [5.41, 5.74) is -1.57. The van der Waals surface area contributed by atoms with Gasteiger partial charge in [-0.05, 0) is 39.5 Å². The molecule has 9 nitrogen and oxygen atoms in total. The van der Waals surface area contributed by atoms with Crippen molar-refractivity contribution in [2.24, 2.45) is 0 Å². The highest BCUT2D eigenvalue weighted by Gasteiger charge is 2.49. The lowest BCUT2D eigenvalue weighted by atomic mass is 10.2. The average Bonchev–Trinajstić information content (AvgIpc) is 2.93. The van der Waals surface area contributed by atoms with E-state index >= 15 is 0 Å². The first kappa shape index (κ1) is 38.4. The van der Waals surface area contributed by atoms with Gasteiger partial charge >= 0.3 is 17.5 Å². The van der Waals surface area contributed by atoms with Crippen LogP contribution in [0, 0.1) is 0 Å². The molecule has 10 heteroatoms. The minimum Gasteiger partial charge on any atom is -0.432 e. The van der Waals surface area contributed by atoms with Crippen molar-refractivity contribution in [3.8, 4) is 0 Å². The van der Waals surface area contributed by atoms with Crippen LogP contribution in [0.4, 0.5) is 0 Å². The van der Waals surface area contributed by atoms with Crippen LogP contribution in [-0.2, 0) is 42.6 Å². The number of hydrogen-bond donors (Lipinski definition) is 0. The molecule has 0 aromatic heterocycles. The summed E-state index contributed by atoms with van der Waals surface area (Å²) in [5, 5.41) is 0. The second-order valence-corrected chi connectivity index (χ2v) is 10.8. The van der Waals surface area contributed by atoms with Crippen molar-refractivity contribution in [1.29, 1.82) is 0 Å². The van der Waals surface area contributed by atoms with Gasteiger partial charge < -0.3 is 23.7 Å². The Morgan fingerprint density at radius 2 is 1.20 bits per heavy atom. The smallest absolute Gasteiger partial charge is 0.335 e. The molecule has 0 saturated heterocycles. The minimum atomic E-state index is -1.99. The van der Waals surface area contributed by atoms with Gasteiger partial charge in [-0.1, -0.05) is 79.4 Å². The van der Waals surface area contributed by atoms with Crippen LogP contribution in [0.3, 0.4) is 0 Å². The molecule has 0 spiro atoms. The number of hydrogen-bond acceptors (Lipinski definition) is 9. The molecule has 40 heavy (non-hydrogen) atoms. The largest absolute Gasteiger partial charge is 0.432 e. The fraction of sp³-hybridized carbons (Fsp3) is 0.800. The van der Waals surface area contributed by atoms with Crippen LogP contribution in [0.1, 0.15) is 119 Å². The summed E-state index contributed by atoms with van der Waals surface area (Å²) in [7, 11) is -0.596. The van der Waals surface area contributed by atoms with E-state index in [9.17, 15) is 14.2 Å². The van der Waals surface area contributed by atoms with Crippen LogP contribution in [0.15, 0.2) is 24.3 Å². The molecule has 4 atom stereocenters. The predicted octanol–water partition coefficient (Wildman–Crippen LogP) is 7.98. The summed E-state index contributed by atoms with van der Waals surface area (Å²) in [6.45, 7) is 19.0. The van der Waals surface area contributed by atoms with E-state index in [0.717, 1.165) is 38.5 Å². The molecule has 0 heterocycles. The van der Waals surface area contributed by atoms with E-state index < -0.39 is 44.8 Å². The quantitative estimate of drug-likeness (QED) is 0.0327. The van der Waals surface area contributed by atoms with Gasteiger partial charge in [-0.25, -0.2) is 9.59 Å². The Balaban J connectivity index is 6.46. The van der Waals surface area contributed by atoms with Crippen molar-refractivity contribution in [1.82, 2.24) is 0 Å². The Hall–Kier alpha value is -1.64. The number of unbranched alkanes of at least 4 members (excludes halogenated alkanes) is 6. The zero-order valence-corrected chi connectivity index (χ0v) is 26.6. The molecule has 0 aliphatic rings. The molecule has 0 rings (SSSR count). The highest BCUT2D eigenvalue weighted by atomic mass is 31.1. The van der Waals surface area contributed by atoms with Crippen molar-refractivity contribution < 1.29 is 42.6 Å². The van der Waals surface area contributed by atoms with E-state index in [2.05, 4.69) is 27.0 Å². The van der Waals surface area contributed by atoms with Crippen LogP contribution in [0.5, 0.6) is 0 Å². The highest BCUT2D eigenvalue weighted by Crippen LogP contribution is 2.37. The summed E-state index contributed by atoms with van der Waals surface area (Å²) in [5.74, 6) is -1.25. The van der Waals surface area contributed by atoms with E-state index in [4.69, 9.17) is 28.4 Å². The van der Waals surface area contributed by atoms with Gasteiger partial charge in [0.1, 0.15) is 0 Å². The van der Waals surface area contributed by atoms with Gasteiger partial charge in [0, 0.05) is 30.6 Å². The monoisotopic (exact) mass is 588 g/mol. The molecular formula is C30H53O9P. The molecule has 0 bridgehead atoms. The molecule has 0 aliphatic carbocycles. The molecule has 0 aromatic carbocycles. The lowest BCUT2D eigenvalue weighted by Crippen LogP contribution is -2.50. The Kier molecular flexibility index (Phi) is 22.0. The lowest BCUT2D eigenvalue weighted by Gasteiger charge is -2.38. The van der Waals surface area contributed by atoms with Crippen molar-refractivity contribution in [2.45, 2.75) is 143 Å². The number of carbonyl (C=O) groups is 2. The highest BCUT2D eigenvalue weighted by molar-refractivity contribution is 7.25. The summed E-state index contributed by atoms with van der Waals surface area (Å²) in [6.07, 6.45) is 5.32. The van der Waals surface area contributed by atoms with Gasteiger partial charge in [-0.3, -0.25) is 9.30 Å². The van der Waals surface area contributed by atoms with Crippen LogP contribution in [-0.4, -0.2) is 49.6 Å². The molecular weight excluding hydrogens is 535 g/mol. The average molecular weight is 589 g/mol. The van der Waals surface area contributed by atoms with Gasteiger partial charge in [-0.2, -0.15) is 0 Å². The van der Waals surface area contributed by atoms with Crippen LogP contribution in [0.2, 0.25) is 0 Å². The SMILES string of the molecule is C=C(C)C(=O)OC(CCCC)OC(OCCCCC)C(OCCCCC)(OC(CCCC)OC(=O)C(=C)C)P=O. The van der Waals surface area contributed by atoms with Crippen LogP contribution in [0.25, 0.3) is 0 Å². The number of rotatable bonds is 26. The molecule has 0 aromatic rings. The normalized spacial score (nSPS) is 15.2. The number of esters is 2. The third kappa shape index (κ3) is 16.0. The zero-order valence-electron chi connectivity index (χ0n) is 25.7.